The molecule has 1 heterocycles. The number of methoxy groups -OCH3 is 1. The van der Waals surface area contributed by atoms with Crippen molar-refractivity contribution in [2.45, 2.75) is 13.0 Å². The first-order valence-electron chi connectivity index (χ1n) is 4.53. The van der Waals surface area contributed by atoms with Gasteiger partial charge >= 0.3 is 0 Å². The SMILES string of the molecule is COCCO[C@H]1CN(C)CC1C. The van der Waals surface area contributed by atoms with E-state index in [1.165, 1.54) is 0 Å². The lowest BCUT2D eigenvalue weighted by atomic mass is 10.1. The molecule has 3 nitrogen and oxygen atoms in total. The van der Waals surface area contributed by atoms with E-state index < -0.39 is 0 Å². The van der Waals surface area contributed by atoms with Crippen molar-refractivity contribution < 1.29 is 9.47 Å². The quantitative estimate of drug-likeness (QED) is 0.581. The highest BCUT2D eigenvalue weighted by Gasteiger charge is 2.27. The van der Waals surface area contributed by atoms with Gasteiger partial charge in [-0.3, -0.25) is 0 Å². The largest absolute Gasteiger partial charge is 0.382 e. The van der Waals surface area contributed by atoms with Gasteiger partial charge in [0.15, 0.2) is 0 Å². The Labute approximate surface area is 74.6 Å². The van der Waals surface area contributed by atoms with Crippen LogP contribution in [0.25, 0.3) is 0 Å². The lowest BCUT2D eigenvalue weighted by molar-refractivity contribution is 0.00748. The van der Waals surface area contributed by atoms with Gasteiger partial charge in [-0.05, 0) is 13.0 Å². The molecule has 3 heteroatoms. The summed E-state index contributed by atoms with van der Waals surface area (Å²) in [5, 5.41) is 0. The normalized spacial score (nSPS) is 31.2. The zero-order chi connectivity index (χ0) is 8.97. The summed E-state index contributed by atoms with van der Waals surface area (Å²) < 4.78 is 10.6. The molecule has 1 saturated heterocycles. The van der Waals surface area contributed by atoms with Crippen LogP contribution < -0.4 is 0 Å². The number of nitrogens with zero attached hydrogens (tertiary/aromatic N) is 1. The summed E-state index contributed by atoms with van der Waals surface area (Å²) in [5.41, 5.74) is 0. The summed E-state index contributed by atoms with van der Waals surface area (Å²) in [6, 6.07) is 0. The summed E-state index contributed by atoms with van der Waals surface area (Å²) in [6.45, 7) is 5.87. The molecule has 0 radical (unpaired) electrons. The van der Waals surface area contributed by atoms with E-state index >= 15 is 0 Å². The maximum atomic E-state index is 5.66. The van der Waals surface area contributed by atoms with Gasteiger partial charge in [-0.15, -0.1) is 0 Å². The molecule has 1 aliphatic rings. The molecule has 0 saturated carbocycles. The molecule has 0 aliphatic carbocycles. The predicted octanol–water partition coefficient (Wildman–Crippen LogP) is 0.600. The molecule has 72 valence electrons. The second-order valence-corrected chi connectivity index (χ2v) is 3.60. The van der Waals surface area contributed by atoms with E-state index in [4.69, 9.17) is 9.47 Å². The molecule has 0 spiro atoms. The average molecular weight is 173 g/mol. The van der Waals surface area contributed by atoms with Crippen LogP contribution in [0.1, 0.15) is 6.92 Å². The summed E-state index contributed by atoms with van der Waals surface area (Å²) in [4.78, 5) is 2.31. The van der Waals surface area contributed by atoms with Crippen LogP contribution in [-0.2, 0) is 9.47 Å². The number of rotatable bonds is 4. The van der Waals surface area contributed by atoms with Crippen molar-refractivity contribution in [1.82, 2.24) is 4.90 Å². The lowest BCUT2D eigenvalue weighted by Crippen LogP contribution is -2.23. The minimum Gasteiger partial charge on any atom is -0.382 e. The van der Waals surface area contributed by atoms with Gasteiger partial charge in [-0.1, -0.05) is 6.92 Å². The van der Waals surface area contributed by atoms with Gasteiger partial charge in [0.1, 0.15) is 0 Å². The maximum absolute atomic E-state index is 5.66. The Hall–Kier alpha value is -0.120. The molecule has 0 aromatic carbocycles. The maximum Gasteiger partial charge on any atom is 0.0740 e. The van der Waals surface area contributed by atoms with Crippen LogP contribution in [0.3, 0.4) is 0 Å². The van der Waals surface area contributed by atoms with Gasteiger partial charge in [-0.2, -0.15) is 0 Å². The van der Waals surface area contributed by atoms with E-state index in [0.29, 0.717) is 18.6 Å². The highest BCUT2D eigenvalue weighted by Crippen LogP contribution is 2.17. The van der Waals surface area contributed by atoms with Gasteiger partial charge in [0.25, 0.3) is 0 Å². The van der Waals surface area contributed by atoms with Crippen LogP contribution in [0.5, 0.6) is 0 Å². The molecular formula is C9H19NO2. The minimum atomic E-state index is 0.408. The van der Waals surface area contributed by atoms with Crippen molar-refractivity contribution in [1.29, 1.82) is 0 Å². The Balaban J connectivity index is 2.15. The average Bonchev–Trinajstić information content (AvgIpc) is 2.31. The summed E-state index contributed by atoms with van der Waals surface area (Å²) in [7, 11) is 3.84. The number of likely N-dealkylation sites (N-methyl/N-ethyl adjacent to an activating group) is 1. The van der Waals surface area contributed by atoms with Gasteiger partial charge < -0.3 is 14.4 Å². The summed E-state index contributed by atoms with van der Waals surface area (Å²) in [6.07, 6.45) is 0.408. The Kier molecular flexibility index (Phi) is 3.98. The standard InChI is InChI=1S/C9H19NO2/c1-8-6-10(2)7-9(8)12-5-4-11-3/h8-9H,4-7H2,1-3H3/t8?,9-/m0/s1. The van der Waals surface area contributed by atoms with E-state index in [1.54, 1.807) is 7.11 Å². The molecule has 1 unspecified atom stereocenters. The van der Waals surface area contributed by atoms with E-state index in [1.807, 2.05) is 0 Å². The topological polar surface area (TPSA) is 21.7 Å². The molecule has 2 atom stereocenters. The molecule has 1 aliphatic heterocycles. The van der Waals surface area contributed by atoms with Crippen LogP contribution in [0.4, 0.5) is 0 Å². The molecule has 1 rings (SSSR count). The van der Waals surface area contributed by atoms with Crippen molar-refractivity contribution in [3.8, 4) is 0 Å². The third kappa shape index (κ3) is 2.73. The van der Waals surface area contributed by atoms with Crippen LogP contribution in [0.2, 0.25) is 0 Å². The minimum absolute atomic E-state index is 0.408. The molecule has 0 bridgehead atoms. The van der Waals surface area contributed by atoms with Gasteiger partial charge in [0, 0.05) is 20.2 Å². The van der Waals surface area contributed by atoms with Gasteiger partial charge in [-0.25, -0.2) is 0 Å². The number of hydrogen-bond donors (Lipinski definition) is 0. The van der Waals surface area contributed by atoms with E-state index in [2.05, 4.69) is 18.9 Å². The second-order valence-electron chi connectivity index (χ2n) is 3.60. The highest BCUT2D eigenvalue weighted by atomic mass is 16.5. The van der Waals surface area contributed by atoms with Crippen LogP contribution >= 0.6 is 0 Å². The van der Waals surface area contributed by atoms with Crippen molar-refractivity contribution in [2.75, 3.05) is 40.5 Å². The molecule has 0 N–H and O–H groups in total. The molecule has 12 heavy (non-hydrogen) atoms. The molecule has 0 amide bonds. The third-order valence-corrected chi connectivity index (χ3v) is 2.35. The zero-order valence-corrected chi connectivity index (χ0v) is 8.25. The van der Waals surface area contributed by atoms with E-state index in [0.717, 1.165) is 19.7 Å². The molecular weight excluding hydrogens is 154 g/mol. The predicted molar refractivity (Wildman–Crippen MR) is 48.3 cm³/mol. The fourth-order valence-corrected chi connectivity index (χ4v) is 1.67. The smallest absolute Gasteiger partial charge is 0.0740 e. The Morgan fingerprint density at radius 1 is 1.33 bits per heavy atom. The summed E-state index contributed by atoms with van der Waals surface area (Å²) >= 11 is 0. The van der Waals surface area contributed by atoms with Crippen molar-refractivity contribution in [3.05, 3.63) is 0 Å². The first-order chi connectivity index (χ1) is 5.74. The summed E-state index contributed by atoms with van der Waals surface area (Å²) in [5.74, 6) is 0.659. The lowest BCUT2D eigenvalue weighted by Gasteiger charge is -2.14. The third-order valence-electron chi connectivity index (χ3n) is 2.35. The Morgan fingerprint density at radius 3 is 2.58 bits per heavy atom. The van der Waals surface area contributed by atoms with E-state index in [-0.39, 0.29) is 0 Å². The van der Waals surface area contributed by atoms with Crippen LogP contribution in [0, 0.1) is 5.92 Å². The van der Waals surface area contributed by atoms with Gasteiger partial charge in [0.2, 0.25) is 0 Å². The fourth-order valence-electron chi connectivity index (χ4n) is 1.67. The van der Waals surface area contributed by atoms with Crippen LogP contribution in [-0.4, -0.2) is 51.5 Å². The fraction of sp³-hybridized carbons (Fsp3) is 1.00. The van der Waals surface area contributed by atoms with Crippen molar-refractivity contribution in [3.63, 3.8) is 0 Å². The first-order valence-corrected chi connectivity index (χ1v) is 4.53. The number of ether oxygens (including phenoxy) is 2. The molecule has 1 fully saturated rings. The molecule has 0 aromatic rings. The Bertz CT molecular complexity index is 130. The van der Waals surface area contributed by atoms with Gasteiger partial charge in [0.05, 0.1) is 19.3 Å². The van der Waals surface area contributed by atoms with Crippen molar-refractivity contribution >= 4 is 0 Å². The molecule has 0 aromatic heterocycles. The Morgan fingerprint density at radius 2 is 2.08 bits per heavy atom. The number of hydrogen-bond acceptors (Lipinski definition) is 3. The number of likely N-dealkylation sites (tertiary alicyclic amines) is 1. The van der Waals surface area contributed by atoms with Crippen LogP contribution in [0.15, 0.2) is 0 Å². The monoisotopic (exact) mass is 173 g/mol. The highest BCUT2D eigenvalue weighted by molar-refractivity contribution is 4.79. The van der Waals surface area contributed by atoms with Crippen molar-refractivity contribution in [2.24, 2.45) is 5.92 Å². The second kappa shape index (κ2) is 4.80. The zero-order valence-electron chi connectivity index (χ0n) is 8.25. The van der Waals surface area contributed by atoms with E-state index in [9.17, 15) is 0 Å². The first kappa shape index (κ1) is 9.96.